The van der Waals surface area contributed by atoms with Gasteiger partial charge in [0.15, 0.2) is 0 Å². The van der Waals surface area contributed by atoms with Gasteiger partial charge in [0.1, 0.15) is 5.75 Å². The largest absolute Gasteiger partial charge is 0.508 e. The van der Waals surface area contributed by atoms with E-state index >= 15 is 4.79 Å². The first-order valence-corrected chi connectivity index (χ1v) is 16.4. The number of halogens is 1. The molecule has 2 aliphatic carbocycles. The van der Waals surface area contributed by atoms with Crippen LogP contribution in [-0.2, 0) is 24.6 Å². The number of carbonyl (C=O) groups excluding carboxylic acids is 4. The van der Waals surface area contributed by atoms with Crippen molar-refractivity contribution in [1.82, 2.24) is 0 Å². The summed E-state index contributed by atoms with van der Waals surface area (Å²) in [5.74, 6) is -7.20. The monoisotopic (exact) mass is 672 g/mol. The van der Waals surface area contributed by atoms with Crippen LogP contribution in [0.15, 0.2) is 115 Å². The van der Waals surface area contributed by atoms with E-state index in [4.69, 9.17) is 11.6 Å². The van der Waals surface area contributed by atoms with Crippen molar-refractivity contribution in [2.45, 2.75) is 24.2 Å². The zero-order chi connectivity index (χ0) is 34.2. The molecule has 6 atom stereocenters. The molecule has 0 aromatic heterocycles. The van der Waals surface area contributed by atoms with E-state index < -0.39 is 64.6 Å². The number of allylic oxidation sites excluding steroid dienone is 2. The summed E-state index contributed by atoms with van der Waals surface area (Å²) in [6.07, 6.45) is 2.19. The Bertz CT molecular complexity index is 2130. The molecule has 8 rings (SSSR count). The molecule has 2 N–H and O–H groups in total. The Morgan fingerprint density at radius 2 is 1.45 bits per heavy atom. The Morgan fingerprint density at radius 1 is 0.755 bits per heavy atom. The summed E-state index contributed by atoms with van der Waals surface area (Å²) in [6, 6.07) is 28.0. The van der Waals surface area contributed by atoms with Gasteiger partial charge in [-0.05, 0) is 66.8 Å². The van der Waals surface area contributed by atoms with Crippen LogP contribution in [0.4, 0.5) is 11.4 Å². The highest BCUT2D eigenvalue weighted by atomic mass is 35.5. The summed E-state index contributed by atoms with van der Waals surface area (Å²) < 4.78 is 0. The molecule has 244 valence electrons. The fourth-order valence-electron chi connectivity index (χ4n) is 8.85. The molecule has 4 aromatic carbocycles. The summed E-state index contributed by atoms with van der Waals surface area (Å²) in [7, 11) is 0. The van der Waals surface area contributed by atoms with Crippen molar-refractivity contribution in [1.29, 1.82) is 0 Å². The molecule has 4 aromatic rings. The molecule has 4 aliphatic rings. The summed E-state index contributed by atoms with van der Waals surface area (Å²) in [5, 5.41) is 21.4. The number of fused-ring (bicyclic) bond motifs is 4. The number of carboxylic acid groups (broad SMARTS) is 1. The van der Waals surface area contributed by atoms with Gasteiger partial charge in [-0.15, -0.1) is 0 Å². The van der Waals surface area contributed by atoms with Crippen molar-refractivity contribution in [3.05, 3.63) is 136 Å². The molecule has 0 unspecified atom stereocenters. The first kappa shape index (κ1) is 30.8. The maximum Gasteiger partial charge on any atom is 0.335 e. The molecule has 0 spiro atoms. The van der Waals surface area contributed by atoms with Gasteiger partial charge in [0, 0.05) is 16.5 Å². The average molecular weight is 673 g/mol. The Morgan fingerprint density at radius 3 is 2.16 bits per heavy atom. The molecular weight excluding hydrogens is 644 g/mol. The van der Waals surface area contributed by atoms with E-state index in [0.717, 1.165) is 4.90 Å². The van der Waals surface area contributed by atoms with Gasteiger partial charge in [-0.2, -0.15) is 0 Å². The topological polar surface area (TPSA) is 132 Å². The molecule has 3 fully saturated rings. The zero-order valence-corrected chi connectivity index (χ0v) is 26.7. The standard InChI is InChI=1S/C39H29ClN2O7/c40-23-11-7-13-25(19-23)42-35(45)30-20-29-26(16-17-28-32(29)36(46)41(34(28)44)24-12-6-8-21(18-24)37(47)48)33(27-14-4-5-15-31(27)43)39(30,38(42)49)22-9-2-1-3-10-22/h1-16,18-19,28-30,32-33,43H,17,20H2,(H,47,48)/t28-,29+,30-,32-,33+,39+/m0/s1. The maximum absolute atomic E-state index is 15.2. The summed E-state index contributed by atoms with van der Waals surface area (Å²) >= 11 is 6.35. The normalized spacial score (nSPS) is 27.4. The SMILES string of the molecule is O=C(O)c1cccc(N2C(=O)[C@H]3[C@H](CC=C4[C@H]3C[C@H]3C(=O)N(c5cccc(Cl)c5)C(=O)[C@@]3(c3ccccc3)[C@H]4c3ccccc3O)C2=O)c1. The van der Waals surface area contributed by atoms with E-state index in [2.05, 4.69) is 0 Å². The van der Waals surface area contributed by atoms with E-state index in [0.29, 0.717) is 27.4 Å². The molecule has 2 heterocycles. The highest BCUT2D eigenvalue weighted by molar-refractivity contribution is 6.32. The molecule has 10 heteroatoms. The number of phenols is 1. The molecule has 0 radical (unpaired) electrons. The molecule has 2 saturated heterocycles. The third kappa shape index (κ3) is 4.35. The molecule has 2 aliphatic heterocycles. The number of benzene rings is 4. The summed E-state index contributed by atoms with van der Waals surface area (Å²) in [5.41, 5.74) is 0.648. The molecule has 49 heavy (non-hydrogen) atoms. The van der Waals surface area contributed by atoms with Crippen LogP contribution in [-0.4, -0.2) is 39.8 Å². The van der Waals surface area contributed by atoms with Crippen LogP contribution in [0.5, 0.6) is 5.75 Å². The Labute approximate surface area is 286 Å². The fraction of sp³-hybridized carbons (Fsp3) is 0.205. The predicted octanol–water partition coefficient (Wildman–Crippen LogP) is 6.11. The van der Waals surface area contributed by atoms with Crippen molar-refractivity contribution in [2.24, 2.45) is 23.7 Å². The van der Waals surface area contributed by atoms with Gasteiger partial charge in [0.05, 0.1) is 40.1 Å². The minimum Gasteiger partial charge on any atom is -0.508 e. The van der Waals surface area contributed by atoms with Gasteiger partial charge < -0.3 is 10.2 Å². The minimum absolute atomic E-state index is 0.0621. The zero-order valence-electron chi connectivity index (χ0n) is 25.9. The van der Waals surface area contributed by atoms with Gasteiger partial charge in [-0.3, -0.25) is 24.1 Å². The first-order valence-electron chi connectivity index (χ1n) is 16.0. The number of phenolic OH excluding ortho intramolecular Hbond substituents is 1. The van der Waals surface area contributed by atoms with E-state index in [1.807, 2.05) is 36.4 Å². The Balaban J connectivity index is 1.34. The second-order valence-corrected chi connectivity index (χ2v) is 13.5. The van der Waals surface area contributed by atoms with Gasteiger partial charge in [0.25, 0.3) is 0 Å². The number of aromatic hydroxyl groups is 1. The van der Waals surface area contributed by atoms with Crippen LogP contribution in [0, 0.1) is 23.7 Å². The van der Waals surface area contributed by atoms with Crippen molar-refractivity contribution in [3.8, 4) is 5.75 Å². The number of hydrogen-bond donors (Lipinski definition) is 2. The lowest BCUT2D eigenvalue weighted by atomic mass is 9.49. The van der Waals surface area contributed by atoms with Crippen LogP contribution in [0.2, 0.25) is 5.02 Å². The molecule has 1 saturated carbocycles. The summed E-state index contributed by atoms with van der Waals surface area (Å²) in [4.78, 5) is 72.3. The number of carbonyl (C=O) groups is 5. The molecular formula is C39H29ClN2O7. The van der Waals surface area contributed by atoms with Crippen LogP contribution < -0.4 is 9.80 Å². The number of carboxylic acids is 1. The second-order valence-electron chi connectivity index (χ2n) is 13.0. The van der Waals surface area contributed by atoms with E-state index in [1.165, 1.54) is 35.2 Å². The van der Waals surface area contributed by atoms with Crippen LogP contribution >= 0.6 is 11.6 Å². The Hall–Kier alpha value is -5.54. The minimum atomic E-state index is -1.50. The first-order chi connectivity index (χ1) is 23.6. The van der Waals surface area contributed by atoms with Gasteiger partial charge in [-0.25, -0.2) is 9.69 Å². The van der Waals surface area contributed by atoms with E-state index in [9.17, 15) is 29.4 Å². The molecule has 9 nitrogen and oxygen atoms in total. The summed E-state index contributed by atoms with van der Waals surface area (Å²) in [6.45, 7) is 0. The Kier molecular flexibility index (Phi) is 7.08. The number of nitrogens with zero attached hydrogens (tertiary/aromatic N) is 2. The number of aromatic carboxylic acids is 1. The second kappa shape index (κ2) is 11.3. The van der Waals surface area contributed by atoms with Crippen LogP contribution in [0.3, 0.4) is 0 Å². The lowest BCUT2D eigenvalue weighted by molar-refractivity contribution is -0.127. The third-order valence-electron chi connectivity index (χ3n) is 10.8. The van der Waals surface area contributed by atoms with E-state index in [1.54, 1.807) is 42.5 Å². The maximum atomic E-state index is 15.2. The number of anilines is 2. The van der Waals surface area contributed by atoms with Crippen molar-refractivity contribution in [2.75, 3.05) is 9.80 Å². The molecule has 4 amide bonds. The van der Waals surface area contributed by atoms with Gasteiger partial charge in [0.2, 0.25) is 23.6 Å². The van der Waals surface area contributed by atoms with E-state index in [-0.39, 0.29) is 29.8 Å². The lowest BCUT2D eigenvalue weighted by Gasteiger charge is -2.50. The fourth-order valence-corrected chi connectivity index (χ4v) is 9.04. The number of para-hydroxylation sites is 1. The predicted molar refractivity (Wildman–Crippen MR) is 180 cm³/mol. The smallest absolute Gasteiger partial charge is 0.335 e. The third-order valence-corrected chi connectivity index (χ3v) is 11.0. The lowest BCUT2D eigenvalue weighted by Crippen LogP contribution is -2.53. The van der Waals surface area contributed by atoms with Crippen molar-refractivity contribution in [3.63, 3.8) is 0 Å². The average Bonchev–Trinajstić information content (AvgIpc) is 3.49. The number of rotatable bonds is 5. The number of hydrogen-bond acceptors (Lipinski definition) is 6. The molecule has 0 bridgehead atoms. The van der Waals surface area contributed by atoms with Gasteiger partial charge >= 0.3 is 5.97 Å². The quantitative estimate of drug-likeness (QED) is 0.193. The number of amides is 4. The van der Waals surface area contributed by atoms with Crippen molar-refractivity contribution >= 4 is 52.6 Å². The van der Waals surface area contributed by atoms with Crippen LogP contribution in [0.25, 0.3) is 0 Å². The van der Waals surface area contributed by atoms with Crippen LogP contribution in [0.1, 0.15) is 40.2 Å². The van der Waals surface area contributed by atoms with Gasteiger partial charge in [-0.1, -0.05) is 83.9 Å². The highest BCUT2D eigenvalue weighted by Crippen LogP contribution is 2.65. The number of imide groups is 2. The highest BCUT2D eigenvalue weighted by Gasteiger charge is 2.70. The van der Waals surface area contributed by atoms with Crippen molar-refractivity contribution < 1.29 is 34.2 Å².